The molecule has 1 aliphatic heterocycles. The van der Waals surface area contributed by atoms with Crippen molar-refractivity contribution in [3.8, 4) is 0 Å². The smallest absolute Gasteiger partial charge is 0.365 e. The summed E-state index contributed by atoms with van der Waals surface area (Å²) in [6.45, 7) is 2.19. The van der Waals surface area contributed by atoms with Crippen molar-refractivity contribution in [2.75, 3.05) is 30.9 Å². The number of ether oxygens (including phenoxy) is 1. The van der Waals surface area contributed by atoms with E-state index in [4.69, 9.17) is 4.74 Å². The van der Waals surface area contributed by atoms with Gasteiger partial charge in [0.25, 0.3) is 0 Å². The minimum absolute atomic E-state index is 0.0494. The number of nitrogens with zero attached hydrogens (tertiary/aromatic N) is 2. The summed E-state index contributed by atoms with van der Waals surface area (Å²) in [5, 5.41) is 1.02. The highest BCUT2D eigenvalue weighted by atomic mass is 32.2. The molecule has 1 saturated heterocycles. The maximum Gasteiger partial charge on any atom is 0.416 e. The van der Waals surface area contributed by atoms with E-state index in [1.165, 1.54) is 0 Å². The summed E-state index contributed by atoms with van der Waals surface area (Å²) < 4.78 is 43.5. The van der Waals surface area contributed by atoms with Gasteiger partial charge in [-0.1, -0.05) is 6.07 Å². The normalized spacial score (nSPS) is 19.3. The molecule has 1 aliphatic rings. The molecule has 0 spiro atoms. The number of hydrogen-bond acceptors (Lipinski definition) is 4. The Morgan fingerprint density at radius 3 is 2.78 bits per heavy atom. The molecule has 124 valence electrons. The molecule has 1 aromatic carbocycles. The van der Waals surface area contributed by atoms with Crippen LogP contribution in [0, 0.1) is 6.92 Å². The fourth-order valence-corrected chi connectivity index (χ4v) is 3.14. The minimum atomic E-state index is -4.35. The molecule has 0 amide bonds. The molecule has 1 aromatic heterocycles. The second-order valence-electron chi connectivity index (χ2n) is 5.53. The molecular weight excluding hydrogens is 325 g/mol. The van der Waals surface area contributed by atoms with E-state index in [1.54, 1.807) is 16.7 Å². The van der Waals surface area contributed by atoms with Gasteiger partial charge in [0.05, 0.1) is 18.7 Å². The van der Waals surface area contributed by atoms with Crippen molar-refractivity contribution >= 4 is 28.5 Å². The largest absolute Gasteiger partial charge is 0.416 e. The molecule has 2 aromatic rings. The third kappa shape index (κ3) is 3.40. The lowest BCUT2D eigenvalue weighted by Gasteiger charge is -2.34. The Kier molecular flexibility index (Phi) is 4.42. The molecule has 0 N–H and O–H groups in total. The number of anilines is 1. The zero-order valence-electron chi connectivity index (χ0n) is 12.9. The van der Waals surface area contributed by atoms with Gasteiger partial charge >= 0.3 is 6.18 Å². The Morgan fingerprint density at radius 2 is 2.09 bits per heavy atom. The van der Waals surface area contributed by atoms with Crippen LogP contribution in [-0.4, -0.2) is 43.2 Å². The van der Waals surface area contributed by atoms with E-state index in [1.807, 2.05) is 37.4 Å². The maximum absolute atomic E-state index is 12.9. The molecule has 0 unspecified atom stereocenters. The van der Waals surface area contributed by atoms with E-state index in [-0.39, 0.29) is 13.2 Å². The first-order valence-electron chi connectivity index (χ1n) is 7.27. The first kappa shape index (κ1) is 16.4. The van der Waals surface area contributed by atoms with Gasteiger partial charge in [0.2, 0.25) is 0 Å². The minimum Gasteiger partial charge on any atom is -0.365 e. The van der Waals surface area contributed by atoms with E-state index >= 15 is 0 Å². The molecule has 0 radical (unpaired) electrons. The molecular formula is C16H17F3N2OS. The molecule has 1 fully saturated rings. The Bertz CT molecular complexity index is 720. The Morgan fingerprint density at radius 1 is 1.30 bits per heavy atom. The van der Waals surface area contributed by atoms with Crippen LogP contribution in [0.5, 0.6) is 0 Å². The lowest BCUT2D eigenvalue weighted by molar-refractivity contribution is -0.221. The van der Waals surface area contributed by atoms with Crippen molar-refractivity contribution in [1.29, 1.82) is 0 Å². The number of fused-ring (bicyclic) bond motifs is 1. The first-order chi connectivity index (χ1) is 10.9. The van der Waals surface area contributed by atoms with Gasteiger partial charge in [-0.25, -0.2) is 4.98 Å². The summed E-state index contributed by atoms with van der Waals surface area (Å²) in [6.07, 6.45) is -4.13. The summed E-state index contributed by atoms with van der Waals surface area (Å²) in [5.74, 6) is 0.575. The number of rotatable bonds is 2. The molecule has 2 heterocycles. The average Bonchev–Trinajstić information content (AvgIpc) is 2.53. The number of thioether (sulfide) groups is 1. The fourth-order valence-electron chi connectivity index (χ4n) is 2.71. The van der Waals surface area contributed by atoms with Gasteiger partial charge < -0.3 is 9.64 Å². The predicted octanol–water partition coefficient (Wildman–Crippen LogP) is 4.03. The van der Waals surface area contributed by atoms with E-state index in [9.17, 15) is 13.2 Å². The second-order valence-corrected chi connectivity index (χ2v) is 6.41. The second kappa shape index (κ2) is 6.20. The van der Waals surface area contributed by atoms with Gasteiger partial charge in [-0.15, -0.1) is 11.8 Å². The SMILES string of the molecule is CSc1ccc2c(C)cc(N3CCO[C@@H](C(F)(F)F)C3)nc2c1. The zero-order chi connectivity index (χ0) is 16.6. The highest BCUT2D eigenvalue weighted by molar-refractivity contribution is 7.98. The zero-order valence-corrected chi connectivity index (χ0v) is 13.7. The van der Waals surface area contributed by atoms with Crippen LogP contribution in [0.2, 0.25) is 0 Å². The standard InChI is InChI=1S/C16H17F3N2OS/c1-10-7-15(20-13-8-11(23-2)3-4-12(10)13)21-5-6-22-14(9-21)16(17,18)19/h3-4,7-8,14H,5-6,9H2,1-2H3/t14-/m1/s1. The number of alkyl halides is 3. The predicted molar refractivity (Wildman–Crippen MR) is 86.3 cm³/mol. The highest BCUT2D eigenvalue weighted by Gasteiger charge is 2.43. The molecule has 0 bridgehead atoms. The summed E-state index contributed by atoms with van der Waals surface area (Å²) in [6, 6.07) is 7.85. The average molecular weight is 342 g/mol. The van der Waals surface area contributed by atoms with Gasteiger partial charge in [0.15, 0.2) is 6.10 Å². The number of benzene rings is 1. The first-order valence-corrected chi connectivity index (χ1v) is 8.49. The van der Waals surface area contributed by atoms with E-state index < -0.39 is 12.3 Å². The van der Waals surface area contributed by atoms with Gasteiger partial charge in [-0.3, -0.25) is 0 Å². The van der Waals surface area contributed by atoms with E-state index in [0.29, 0.717) is 12.4 Å². The van der Waals surface area contributed by atoms with Crippen LogP contribution in [0.4, 0.5) is 19.0 Å². The summed E-state index contributed by atoms with van der Waals surface area (Å²) in [5.41, 5.74) is 1.81. The Hall–Kier alpha value is -1.47. The van der Waals surface area contributed by atoms with E-state index in [0.717, 1.165) is 21.4 Å². The lowest BCUT2D eigenvalue weighted by Crippen LogP contribution is -2.49. The number of hydrogen-bond donors (Lipinski definition) is 0. The van der Waals surface area contributed by atoms with Gasteiger partial charge in [0, 0.05) is 16.8 Å². The third-order valence-electron chi connectivity index (χ3n) is 3.97. The highest BCUT2D eigenvalue weighted by Crippen LogP contribution is 2.30. The summed E-state index contributed by atoms with van der Waals surface area (Å²) in [4.78, 5) is 7.31. The molecule has 23 heavy (non-hydrogen) atoms. The van der Waals surface area contributed by atoms with E-state index in [2.05, 4.69) is 4.98 Å². The van der Waals surface area contributed by atoms with Crippen molar-refractivity contribution < 1.29 is 17.9 Å². The lowest BCUT2D eigenvalue weighted by atomic mass is 10.1. The number of pyridine rings is 1. The summed E-state index contributed by atoms with van der Waals surface area (Å²) in [7, 11) is 0. The van der Waals surface area contributed by atoms with Crippen LogP contribution >= 0.6 is 11.8 Å². The van der Waals surface area contributed by atoms with Crippen molar-refractivity contribution in [3.63, 3.8) is 0 Å². The van der Waals surface area contributed by atoms with Crippen molar-refractivity contribution in [1.82, 2.24) is 4.98 Å². The molecule has 1 atom stereocenters. The molecule has 3 rings (SSSR count). The van der Waals surface area contributed by atoms with Crippen LogP contribution in [0.15, 0.2) is 29.2 Å². The van der Waals surface area contributed by atoms with Crippen molar-refractivity contribution in [2.45, 2.75) is 24.1 Å². The molecule has 0 aliphatic carbocycles. The van der Waals surface area contributed by atoms with Crippen LogP contribution in [0.25, 0.3) is 10.9 Å². The van der Waals surface area contributed by atoms with Gasteiger partial charge in [-0.05, 0) is 36.9 Å². The summed E-state index contributed by atoms with van der Waals surface area (Å²) >= 11 is 1.61. The number of aryl methyl sites for hydroxylation is 1. The van der Waals surface area contributed by atoms with Crippen LogP contribution in [0.1, 0.15) is 5.56 Å². The molecule has 7 heteroatoms. The maximum atomic E-state index is 12.9. The molecule has 3 nitrogen and oxygen atoms in total. The Labute approximate surface area is 136 Å². The topological polar surface area (TPSA) is 25.4 Å². The van der Waals surface area contributed by atoms with Crippen LogP contribution in [-0.2, 0) is 4.74 Å². The van der Waals surface area contributed by atoms with Gasteiger partial charge in [0.1, 0.15) is 5.82 Å². The van der Waals surface area contributed by atoms with Crippen molar-refractivity contribution in [2.24, 2.45) is 0 Å². The number of aromatic nitrogens is 1. The van der Waals surface area contributed by atoms with Gasteiger partial charge in [-0.2, -0.15) is 13.2 Å². The monoisotopic (exact) mass is 342 g/mol. The van der Waals surface area contributed by atoms with Crippen LogP contribution in [0.3, 0.4) is 0 Å². The number of morpholine rings is 1. The Balaban J connectivity index is 1.96. The van der Waals surface area contributed by atoms with Crippen LogP contribution < -0.4 is 4.90 Å². The third-order valence-corrected chi connectivity index (χ3v) is 4.69. The fraction of sp³-hybridized carbons (Fsp3) is 0.438. The molecule has 0 saturated carbocycles. The number of halogens is 3. The van der Waals surface area contributed by atoms with Crippen molar-refractivity contribution in [3.05, 3.63) is 29.8 Å². The quantitative estimate of drug-likeness (QED) is 0.770.